The number of H-pyrrole nitrogens is 1. The maximum absolute atomic E-state index is 11.2. The number of nitrogens with zero attached hydrogens (tertiary/aromatic N) is 3. The maximum Gasteiger partial charge on any atom is 0.513 e. The van der Waals surface area contributed by atoms with Crippen molar-refractivity contribution in [3.63, 3.8) is 0 Å². The Morgan fingerprint density at radius 1 is 1.47 bits per heavy atom. The van der Waals surface area contributed by atoms with Crippen molar-refractivity contribution in [2.24, 2.45) is 0 Å². The number of rotatable bonds is 1. The Kier molecular flexibility index (Phi) is 2.67. The number of hydrogen-bond acceptors (Lipinski definition) is 3. The monoisotopic (exact) mass is 261 g/mol. The summed E-state index contributed by atoms with van der Waals surface area (Å²) in [5.41, 5.74) is 3.03. The minimum Gasteiger partial charge on any atom is -0.435 e. The van der Waals surface area contributed by atoms with E-state index in [9.17, 15) is 9.90 Å². The molecule has 0 radical (unpaired) electrons. The van der Waals surface area contributed by atoms with E-state index >= 15 is 0 Å². The Morgan fingerprint density at radius 3 is 2.89 bits per heavy atom. The first kappa shape index (κ1) is 12.0. The molecule has 1 saturated heterocycles. The molecular formula is C13H17N4O2+. The predicted octanol–water partition coefficient (Wildman–Crippen LogP) is 1.51. The van der Waals surface area contributed by atoms with Crippen molar-refractivity contribution < 1.29 is 14.4 Å². The topological polar surface area (TPSA) is 69.2 Å². The van der Waals surface area contributed by atoms with Gasteiger partial charge in [-0.1, -0.05) is 0 Å². The number of aromatic amines is 1. The molecule has 0 unspecified atom stereocenters. The minimum absolute atomic E-state index is 0.0896. The van der Waals surface area contributed by atoms with Gasteiger partial charge in [0.15, 0.2) is 0 Å². The van der Waals surface area contributed by atoms with Gasteiger partial charge in [-0.15, -0.1) is 0 Å². The number of nitrogens with one attached hydrogen (secondary N) is 1. The number of likely N-dealkylation sites (N-methyl/N-ethyl adjacent to an activating group) is 1. The molecule has 0 bridgehead atoms. The fourth-order valence-corrected chi connectivity index (χ4v) is 2.52. The molecule has 0 aromatic carbocycles. The summed E-state index contributed by atoms with van der Waals surface area (Å²) in [5.74, 6) is 0. The molecule has 2 aromatic rings. The smallest absolute Gasteiger partial charge is 0.435 e. The van der Waals surface area contributed by atoms with Crippen molar-refractivity contribution in [1.29, 1.82) is 0 Å². The Hall–Kier alpha value is -2.08. The van der Waals surface area contributed by atoms with Crippen LogP contribution in [0.15, 0.2) is 24.5 Å². The molecule has 6 nitrogen and oxygen atoms in total. The van der Waals surface area contributed by atoms with Crippen LogP contribution < -0.4 is 4.90 Å². The molecule has 3 rings (SSSR count). The van der Waals surface area contributed by atoms with Crippen molar-refractivity contribution in [3.05, 3.63) is 24.5 Å². The summed E-state index contributed by atoms with van der Waals surface area (Å²) in [6.45, 7) is 2.67. The third kappa shape index (κ3) is 1.94. The normalized spacial score (nSPS) is 18.7. The van der Waals surface area contributed by atoms with Crippen LogP contribution in [0.25, 0.3) is 11.0 Å². The molecule has 2 aromatic heterocycles. The van der Waals surface area contributed by atoms with Crippen molar-refractivity contribution in [1.82, 2.24) is 9.97 Å². The number of carboxylic acid groups (broad SMARTS) is 1. The zero-order valence-electron chi connectivity index (χ0n) is 10.8. The summed E-state index contributed by atoms with van der Waals surface area (Å²) < 4.78 is 0.0896. The van der Waals surface area contributed by atoms with Crippen LogP contribution in [0.2, 0.25) is 0 Å². The largest absolute Gasteiger partial charge is 0.513 e. The van der Waals surface area contributed by atoms with E-state index in [-0.39, 0.29) is 4.48 Å². The minimum atomic E-state index is -0.753. The van der Waals surface area contributed by atoms with E-state index in [4.69, 9.17) is 0 Å². The molecule has 100 valence electrons. The molecule has 0 atom stereocenters. The molecule has 6 heteroatoms. The highest BCUT2D eigenvalue weighted by Crippen LogP contribution is 2.26. The third-order valence-electron chi connectivity index (χ3n) is 3.94. The van der Waals surface area contributed by atoms with Gasteiger partial charge in [0.25, 0.3) is 0 Å². The number of anilines is 1. The summed E-state index contributed by atoms with van der Waals surface area (Å²) in [5, 5.41) is 9.22. The average molecular weight is 261 g/mol. The van der Waals surface area contributed by atoms with Crippen LogP contribution in [0.4, 0.5) is 10.5 Å². The molecular weight excluding hydrogens is 244 g/mol. The van der Waals surface area contributed by atoms with E-state index in [1.54, 1.807) is 13.2 Å². The molecule has 1 aliphatic heterocycles. The number of pyridine rings is 1. The van der Waals surface area contributed by atoms with E-state index in [1.807, 2.05) is 18.3 Å². The lowest BCUT2D eigenvalue weighted by Gasteiger charge is -2.38. The van der Waals surface area contributed by atoms with E-state index in [0.29, 0.717) is 13.1 Å². The van der Waals surface area contributed by atoms with Crippen molar-refractivity contribution in [3.8, 4) is 0 Å². The lowest BCUT2D eigenvalue weighted by Crippen LogP contribution is -2.59. The first-order valence-corrected chi connectivity index (χ1v) is 6.35. The molecule has 2 N–H and O–H groups in total. The van der Waals surface area contributed by atoms with E-state index < -0.39 is 6.09 Å². The molecule has 19 heavy (non-hydrogen) atoms. The zero-order valence-corrected chi connectivity index (χ0v) is 10.8. The van der Waals surface area contributed by atoms with Crippen LogP contribution in [0, 0.1) is 0 Å². The van der Waals surface area contributed by atoms with Gasteiger partial charge in [0.2, 0.25) is 0 Å². The van der Waals surface area contributed by atoms with E-state index in [0.717, 1.165) is 29.8 Å². The summed E-state index contributed by atoms with van der Waals surface area (Å²) >= 11 is 0. The van der Waals surface area contributed by atoms with Crippen LogP contribution in [0.1, 0.15) is 0 Å². The van der Waals surface area contributed by atoms with Gasteiger partial charge in [-0.2, -0.15) is 4.79 Å². The first-order valence-electron chi connectivity index (χ1n) is 6.35. The molecule has 0 spiro atoms. The van der Waals surface area contributed by atoms with Gasteiger partial charge in [0.1, 0.15) is 18.6 Å². The van der Waals surface area contributed by atoms with Crippen LogP contribution in [-0.4, -0.2) is 58.9 Å². The maximum atomic E-state index is 11.2. The summed E-state index contributed by atoms with van der Waals surface area (Å²) in [4.78, 5) is 21.0. The van der Waals surface area contributed by atoms with Crippen LogP contribution in [0.3, 0.4) is 0 Å². The quantitative estimate of drug-likeness (QED) is 0.763. The number of quaternary nitrogens is 1. The number of carbonyl (C=O) groups is 1. The molecule has 1 aliphatic rings. The van der Waals surface area contributed by atoms with E-state index in [1.165, 1.54) is 0 Å². The summed E-state index contributed by atoms with van der Waals surface area (Å²) in [7, 11) is 1.77. The van der Waals surface area contributed by atoms with Gasteiger partial charge < -0.3 is 15.0 Å². The third-order valence-corrected chi connectivity index (χ3v) is 3.94. The highest BCUT2D eigenvalue weighted by Gasteiger charge is 2.36. The van der Waals surface area contributed by atoms with Crippen molar-refractivity contribution >= 4 is 22.8 Å². The second-order valence-electron chi connectivity index (χ2n) is 5.19. The van der Waals surface area contributed by atoms with Crippen LogP contribution in [0.5, 0.6) is 0 Å². The second kappa shape index (κ2) is 4.24. The Labute approximate surface area is 110 Å². The van der Waals surface area contributed by atoms with Gasteiger partial charge in [0.05, 0.1) is 31.3 Å². The number of hydrogen-bond donors (Lipinski definition) is 2. The Balaban J connectivity index is 1.84. The van der Waals surface area contributed by atoms with Gasteiger partial charge in [-0.25, -0.2) is 4.48 Å². The molecule has 0 saturated carbocycles. The Morgan fingerprint density at radius 2 is 2.21 bits per heavy atom. The van der Waals surface area contributed by atoms with Gasteiger partial charge in [-0.05, 0) is 12.1 Å². The lowest BCUT2D eigenvalue weighted by molar-refractivity contribution is -0.838. The van der Waals surface area contributed by atoms with Crippen molar-refractivity contribution in [2.75, 3.05) is 38.1 Å². The summed E-state index contributed by atoms with van der Waals surface area (Å²) in [6.07, 6.45) is 2.98. The van der Waals surface area contributed by atoms with Crippen LogP contribution >= 0.6 is 0 Å². The molecule has 3 heterocycles. The SMILES string of the molecule is C[N+]1(C(=O)O)CCN(c2c[nH]c3cccnc23)CC1. The molecule has 1 amide bonds. The predicted molar refractivity (Wildman–Crippen MR) is 72.2 cm³/mol. The van der Waals surface area contributed by atoms with Crippen LogP contribution in [-0.2, 0) is 0 Å². The second-order valence-corrected chi connectivity index (χ2v) is 5.19. The highest BCUT2D eigenvalue weighted by molar-refractivity contribution is 5.89. The first-order chi connectivity index (χ1) is 9.10. The lowest BCUT2D eigenvalue weighted by atomic mass is 10.2. The fourth-order valence-electron chi connectivity index (χ4n) is 2.52. The standard InChI is InChI=1S/C13H16N4O2/c1-17(13(18)19)7-5-16(6-8-17)11-9-15-10-3-2-4-14-12(10)11/h2-4,9H,5-8H2,1H3,(H-,14,15,18,19)/p+1. The van der Waals surface area contributed by atoms with E-state index in [2.05, 4.69) is 14.9 Å². The number of piperazine rings is 1. The number of amides is 1. The molecule has 0 aliphatic carbocycles. The number of aromatic nitrogens is 2. The van der Waals surface area contributed by atoms with Gasteiger partial charge in [-0.3, -0.25) is 4.98 Å². The zero-order chi connectivity index (χ0) is 13.5. The summed E-state index contributed by atoms with van der Waals surface area (Å²) in [6, 6.07) is 3.89. The highest BCUT2D eigenvalue weighted by atomic mass is 16.4. The van der Waals surface area contributed by atoms with Gasteiger partial charge >= 0.3 is 6.09 Å². The fraction of sp³-hybridized carbons (Fsp3) is 0.385. The molecule has 1 fully saturated rings. The average Bonchev–Trinajstić information content (AvgIpc) is 2.83. The van der Waals surface area contributed by atoms with Gasteiger partial charge in [0, 0.05) is 12.4 Å². The Bertz CT molecular complexity index is 614. The number of fused-ring (bicyclic) bond motifs is 1. The van der Waals surface area contributed by atoms with Crippen molar-refractivity contribution in [2.45, 2.75) is 0 Å².